The van der Waals surface area contributed by atoms with E-state index in [2.05, 4.69) is 27.1 Å². The Morgan fingerprint density at radius 3 is 2.69 bits per heavy atom. The van der Waals surface area contributed by atoms with Crippen molar-refractivity contribution in [1.82, 2.24) is 9.97 Å². The second kappa shape index (κ2) is 8.40. The summed E-state index contributed by atoms with van der Waals surface area (Å²) in [6.45, 7) is 0. The first-order chi connectivity index (χ1) is 12.7. The first kappa shape index (κ1) is 18.5. The monoisotopic (exact) mass is 372 g/mol. The van der Waals surface area contributed by atoms with Crippen LogP contribution >= 0.6 is 11.3 Å². The van der Waals surface area contributed by atoms with Crippen LogP contribution in [0.2, 0.25) is 0 Å². The fraction of sp³-hybridized carbons (Fsp3) is 0.474. The molecule has 2 aromatic rings. The first-order valence-corrected chi connectivity index (χ1v) is 9.87. The topological polar surface area (TPSA) is 98.0 Å². The predicted octanol–water partition coefficient (Wildman–Crippen LogP) is 3.12. The molecule has 0 aromatic carbocycles. The summed E-state index contributed by atoms with van der Waals surface area (Å²) in [5, 5.41) is 5.61. The molecule has 2 fully saturated rings. The SMILES string of the molecule is NC=O.O=C(Nc1nccs1)C1(c2cccnc2)CC1C1CCCCC1. The Morgan fingerprint density at radius 2 is 2.08 bits per heavy atom. The van der Waals surface area contributed by atoms with Gasteiger partial charge in [-0.1, -0.05) is 38.2 Å². The number of nitrogens with one attached hydrogen (secondary N) is 1. The molecule has 2 heterocycles. The molecule has 2 atom stereocenters. The van der Waals surface area contributed by atoms with Crippen LogP contribution in [0, 0.1) is 11.8 Å². The zero-order valence-corrected chi connectivity index (χ0v) is 15.5. The molecule has 2 amide bonds. The third kappa shape index (κ3) is 3.77. The molecule has 6 nitrogen and oxygen atoms in total. The number of nitrogens with zero attached hydrogens (tertiary/aromatic N) is 2. The molecule has 3 N–H and O–H groups in total. The van der Waals surface area contributed by atoms with Crippen molar-refractivity contribution in [3.63, 3.8) is 0 Å². The van der Waals surface area contributed by atoms with E-state index in [1.165, 1.54) is 43.4 Å². The van der Waals surface area contributed by atoms with E-state index < -0.39 is 5.41 Å². The normalized spacial score (nSPS) is 24.8. The molecule has 138 valence electrons. The van der Waals surface area contributed by atoms with E-state index >= 15 is 0 Å². The van der Waals surface area contributed by atoms with E-state index in [0.717, 1.165) is 12.0 Å². The number of primary amides is 1. The predicted molar refractivity (Wildman–Crippen MR) is 102 cm³/mol. The van der Waals surface area contributed by atoms with Crippen molar-refractivity contribution in [1.29, 1.82) is 0 Å². The summed E-state index contributed by atoms with van der Waals surface area (Å²) in [6, 6.07) is 3.99. The van der Waals surface area contributed by atoms with Crippen molar-refractivity contribution in [3.8, 4) is 0 Å². The molecule has 0 saturated heterocycles. The lowest BCUT2D eigenvalue weighted by atomic mass is 9.80. The van der Waals surface area contributed by atoms with Gasteiger partial charge >= 0.3 is 0 Å². The highest BCUT2D eigenvalue weighted by Gasteiger charge is 2.63. The van der Waals surface area contributed by atoms with Crippen LogP contribution in [0.3, 0.4) is 0 Å². The van der Waals surface area contributed by atoms with E-state index in [0.29, 0.717) is 17.0 Å². The van der Waals surface area contributed by atoms with Crippen molar-refractivity contribution in [2.24, 2.45) is 17.6 Å². The summed E-state index contributed by atoms with van der Waals surface area (Å²) in [4.78, 5) is 30.1. The molecular formula is C19H24N4O2S. The number of hydrogen-bond donors (Lipinski definition) is 2. The summed E-state index contributed by atoms with van der Waals surface area (Å²) in [5.41, 5.74) is 4.83. The van der Waals surface area contributed by atoms with Crippen molar-refractivity contribution < 1.29 is 9.59 Å². The number of carbonyl (C=O) groups is 2. The van der Waals surface area contributed by atoms with Gasteiger partial charge in [-0.3, -0.25) is 14.6 Å². The quantitative estimate of drug-likeness (QED) is 0.806. The Kier molecular flexibility index (Phi) is 5.98. The zero-order chi connectivity index (χ0) is 18.4. The summed E-state index contributed by atoms with van der Waals surface area (Å²) in [7, 11) is 0. The molecule has 2 aliphatic rings. The first-order valence-electron chi connectivity index (χ1n) is 8.99. The fourth-order valence-corrected chi connectivity index (χ4v) is 4.76. The minimum atomic E-state index is -0.401. The largest absolute Gasteiger partial charge is 0.372 e. The van der Waals surface area contributed by atoms with Gasteiger partial charge in [0.2, 0.25) is 12.3 Å². The number of rotatable bonds is 4. The number of pyridine rings is 1. The average Bonchev–Trinajstić information content (AvgIpc) is 3.25. The maximum Gasteiger partial charge on any atom is 0.237 e. The maximum absolute atomic E-state index is 13.1. The summed E-state index contributed by atoms with van der Waals surface area (Å²) < 4.78 is 0. The van der Waals surface area contributed by atoms with Gasteiger partial charge in [-0.25, -0.2) is 4.98 Å². The number of nitrogens with two attached hydrogens (primary N) is 1. The summed E-state index contributed by atoms with van der Waals surface area (Å²) >= 11 is 1.47. The van der Waals surface area contributed by atoms with E-state index in [9.17, 15) is 4.79 Å². The molecule has 4 rings (SSSR count). The van der Waals surface area contributed by atoms with Gasteiger partial charge in [0.25, 0.3) is 0 Å². The van der Waals surface area contributed by atoms with Crippen LogP contribution < -0.4 is 11.1 Å². The van der Waals surface area contributed by atoms with Gasteiger partial charge in [-0.2, -0.15) is 0 Å². The third-order valence-electron chi connectivity index (χ3n) is 5.47. The van der Waals surface area contributed by atoms with Crippen LogP contribution in [0.4, 0.5) is 5.13 Å². The van der Waals surface area contributed by atoms with Crippen LogP contribution in [-0.4, -0.2) is 22.3 Å². The second-order valence-electron chi connectivity index (χ2n) is 6.85. The van der Waals surface area contributed by atoms with Gasteiger partial charge < -0.3 is 11.1 Å². The lowest BCUT2D eigenvalue weighted by Crippen LogP contribution is -2.32. The molecule has 7 heteroatoms. The van der Waals surface area contributed by atoms with Crippen LogP contribution in [0.5, 0.6) is 0 Å². The highest BCUT2D eigenvalue weighted by Crippen LogP contribution is 2.60. The van der Waals surface area contributed by atoms with E-state index in [1.54, 1.807) is 12.4 Å². The van der Waals surface area contributed by atoms with Crippen LogP contribution in [0.1, 0.15) is 44.1 Å². The minimum absolute atomic E-state index is 0.0935. The fourth-order valence-electron chi connectivity index (χ4n) is 4.24. The number of hydrogen-bond acceptors (Lipinski definition) is 5. The second-order valence-corrected chi connectivity index (χ2v) is 7.74. The molecule has 0 bridgehead atoms. The molecule has 0 aliphatic heterocycles. The van der Waals surface area contributed by atoms with E-state index in [1.807, 2.05) is 17.6 Å². The molecule has 26 heavy (non-hydrogen) atoms. The number of anilines is 1. The number of carbonyl (C=O) groups excluding carboxylic acids is 2. The lowest BCUT2D eigenvalue weighted by molar-refractivity contribution is -0.119. The number of aromatic nitrogens is 2. The Labute approximate surface area is 157 Å². The number of amides is 2. The molecule has 0 spiro atoms. The molecule has 2 aromatic heterocycles. The van der Waals surface area contributed by atoms with Gasteiger partial charge in [0.1, 0.15) is 0 Å². The Balaban J connectivity index is 0.000000613. The van der Waals surface area contributed by atoms with E-state index in [4.69, 9.17) is 4.79 Å². The van der Waals surface area contributed by atoms with Crippen molar-refractivity contribution in [3.05, 3.63) is 41.7 Å². The van der Waals surface area contributed by atoms with Crippen molar-refractivity contribution in [2.45, 2.75) is 43.9 Å². The average molecular weight is 372 g/mol. The standard InChI is InChI=1S/C18H21N3OS.CH3NO/c22-16(21-17-20-9-10-23-17)18(14-7-4-8-19-12-14)11-15(18)13-5-2-1-3-6-13;2-1-3/h4,7-10,12-13,15H,1-3,5-6,11H2,(H,20,21,22);1H,(H2,2,3). The minimum Gasteiger partial charge on any atom is -0.372 e. The number of thiazole rings is 1. The van der Waals surface area contributed by atoms with E-state index in [-0.39, 0.29) is 12.3 Å². The van der Waals surface area contributed by atoms with Gasteiger partial charge in [0, 0.05) is 24.0 Å². The molecular weight excluding hydrogens is 348 g/mol. The highest BCUT2D eigenvalue weighted by molar-refractivity contribution is 7.13. The lowest BCUT2D eigenvalue weighted by Gasteiger charge is -2.25. The smallest absolute Gasteiger partial charge is 0.237 e. The van der Waals surface area contributed by atoms with Crippen molar-refractivity contribution in [2.75, 3.05) is 5.32 Å². The molecule has 2 saturated carbocycles. The maximum atomic E-state index is 13.1. The Hall–Kier alpha value is -2.28. The van der Waals surface area contributed by atoms with Crippen molar-refractivity contribution >= 4 is 28.8 Å². The third-order valence-corrected chi connectivity index (χ3v) is 6.16. The highest BCUT2D eigenvalue weighted by atomic mass is 32.1. The molecule has 2 unspecified atom stereocenters. The van der Waals surface area contributed by atoms with Crippen LogP contribution in [0.15, 0.2) is 36.1 Å². The van der Waals surface area contributed by atoms with Gasteiger partial charge in [-0.05, 0) is 29.9 Å². The molecule has 0 radical (unpaired) electrons. The Morgan fingerprint density at radius 1 is 1.31 bits per heavy atom. The van der Waals surface area contributed by atoms with Gasteiger partial charge in [0.15, 0.2) is 5.13 Å². The Bertz CT molecular complexity index is 716. The van der Waals surface area contributed by atoms with Crippen LogP contribution in [-0.2, 0) is 15.0 Å². The summed E-state index contributed by atoms with van der Waals surface area (Å²) in [5.74, 6) is 1.22. The molecule has 2 aliphatic carbocycles. The zero-order valence-electron chi connectivity index (χ0n) is 14.6. The van der Waals surface area contributed by atoms with Gasteiger partial charge in [0.05, 0.1) is 5.41 Å². The van der Waals surface area contributed by atoms with Gasteiger partial charge in [-0.15, -0.1) is 11.3 Å². The summed E-state index contributed by atoms with van der Waals surface area (Å²) in [6.07, 6.45) is 13.0. The van der Waals surface area contributed by atoms with Crippen LogP contribution in [0.25, 0.3) is 0 Å².